The third-order valence-electron chi connectivity index (χ3n) is 5.00. The third kappa shape index (κ3) is 5.17. The van der Waals surface area contributed by atoms with Crippen molar-refractivity contribution in [2.75, 3.05) is 25.9 Å². The van der Waals surface area contributed by atoms with Crippen LogP contribution in [0.15, 0.2) is 59.5 Å². The molecule has 6 heteroatoms. The average Bonchev–Trinajstić information content (AvgIpc) is 2.69. The second kappa shape index (κ2) is 8.67. The number of amides is 1. The van der Waals surface area contributed by atoms with Crippen LogP contribution in [0.25, 0.3) is 0 Å². The predicted molar refractivity (Wildman–Crippen MR) is 106 cm³/mol. The number of piperidine rings is 1. The maximum absolute atomic E-state index is 12.6. The molecule has 0 bridgehead atoms. The number of nitrogens with one attached hydrogen (secondary N) is 1. The maximum atomic E-state index is 12.6. The number of likely N-dealkylation sites (tertiary alicyclic amines) is 1. The van der Waals surface area contributed by atoms with Crippen molar-refractivity contribution in [3.63, 3.8) is 0 Å². The van der Waals surface area contributed by atoms with Crippen LogP contribution in [0.4, 0.5) is 0 Å². The Bertz CT molecular complexity index is 875. The first-order valence-corrected chi connectivity index (χ1v) is 11.2. The Labute approximate surface area is 161 Å². The lowest BCUT2D eigenvalue weighted by molar-refractivity contribution is 0.0924. The van der Waals surface area contributed by atoms with Crippen LogP contribution in [0.5, 0.6) is 0 Å². The zero-order chi connectivity index (χ0) is 19.3. The van der Waals surface area contributed by atoms with Crippen molar-refractivity contribution in [2.45, 2.75) is 30.2 Å². The highest BCUT2D eigenvalue weighted by atomic mass is 32.2. The number of nitrogens with zero attached hydrogens (tertiary/aromatic N) is 1. The molecule has 1 heterocycles. The van der Waals surface area contributed by atoms with Gasteiger partial charge in [-0.3, -0.25) is 9.69 Å². The van der Waals surface area contributed by atoms with E-state index in [4.69, 9.17) is 0 Å². The van der Waals surface area contributed by atoms with Crippen molar-refractivity contribution < 1.29 is 13.2 Å². The molecule has 3 rings (SSSR count). The second-order valence-electron chi connectivity index (χ2n) is 7.03. The summed E-state index contributed by atoms with van der Waals surface area (Å²) in [6.07, 6.45) is 4.75. The number of rotatable bonds is 6. The lowest BCUT2D eigenvalue weighted by Crippen LogP contribution is -2.40. The minimum Gasteiger partial charge on any atom is -0.350 e. The largest absolute Gasteiger partial charge is 0.350 e. The molecule has 1 unspecified atom stereocenters. The monoisotopic (exact) mass is 386 g/mol. The van der Waals surface area contributed by atoms with Gasteiger partial charge in [0.2, 0.25) is 0 Å². The molecule has 2 aromatic carbocycles. The molecule has 1 saturated heterocycles. The number of carbonyl (C=O) groups is 1. The molecular weight excluding hydrogens is 360 g/mol. The fourth-order valence-corrected chi connectivity index (χ4v) is 4.19. The molecule has 1 aliphatic rings. The lowest BCUT2D eigenvalue weighted by Gasteiger charge is -2.35. The molecule has 2 aromatic rings. The van der Waals surface area contributed by atoms with Crippen molar-refractivity contribution in [3.8, 4) is 0 Å². The molecule has 0 spiro atoms. The van der Waals surface area contributed by atoms with Gasteiger partial charge in [0.1, 0.15) is 0 Å². The van der Waals surface area contributed by atoms with Crippen molar-refractivity contribution in [3.05, 3.63) is 65.7 Å². The Balaban J connectivity index is 1.74. The number of carbonyl (C=O) groups excluding carboxylic acids is 1. The fraction of sp³-hybridized carbons (Fsp3) is 0.381. The van der Waals surface area contributed by atoms with Gasteiger partial charge in [0.15, 0.2) is 9.84 Å². The quantitative estimate of drug-likeness (QED) is 0.829. The highest BCUT2D eigenvalue weighted by Gasteiger charge is 2.23. The Hall–Kier alpha value is -2.18. The smallest absolute Gasteiger partial charge is 0.251 e. The first kappa shape index (κ1) is 19.6. The van der Waals surface area contributed by atoms with Crippen LogP contribution >= 0.6 is 0 Å². The minimum absolute atomic E-state index is 0.119. The summed E-state index contributed by atoms with van der Waals surface area (Å²) < 4.78 is 23.5. The summed E-state index contributed by atoms with van der Waals surface area (Å²) in [7, 11) is -3.34. The predicted octanol–water partition coefficient (Wildman–Crippen LogP) is 3.05. The van der Waals surface area contributed by atoms with Crippen molar-refractivity contribution in [1.82, 2.24) is 10.2 Å². The van der Waals surface area contributed by atoms with E-state index in [2.05, 4.69) is 22.3 Å². The van der Waals surface area contributed by atoms with Gasteiger partial charge in [-0.25, -0.2) is 8.42 Å². The van der Waals surface area contributed by atoms with Gasteiger partial charge in [0.25, 0.3) is 5.91 Å². The Morgan fingerprint density at radius 1 is 1.04 bits per heavy atom. The van der Waals surface area contributed by atoms with Gasteiger partial charge >= 0.3 is 0 Å². The highest BCUT2D eigenvalue weighted by Crippen LogP contribution is 2.24. The van der Waals surface area contributed by atoms with E-state index in [0.29, 0.717) is 12.1 Å². The van der Waals surface area contributed by atoms with Crippen LogP contribution in [0, 0.1) is 0 Å². The van der Waals surface area contributed by atoms with Gasteiger partial charge in [0.05, 0.1) is 10.9 Å². The van der Waals surface area contributed by atoms with Crippen LogP contribution in [0.2, 0.25) is 0 Å². The van der Waals surface area contributed by atoms with E-state index >= 15 is 0 Å². The number of hydrogen-bond donors (Lipinski definition) is 1. The third-order valence-corrected chi connectivity index (χ3v) is 6.11. The van der Waals surface area contributed by atoms with Crippen molar-refractivity contribution in [1.29, 1.82) is 0 Å². The van der Waals surface area contributed by atoms with Gasteiger partial charge in [-0.1, -0.05) is 42.8 Å². The number of sulfone groups is 1. The summed E-state index contributed by atoms with van der Waals surface area (Å²) in [5.74, 6) is -0.251. The molecule has 0 radical (unpaired) electrons. The van der Waals surface area contributed by atoms with Gasteiger partial charge in [-0.15, -0.1) is 0 Å². The highest BCUT2D eigenvalue weighted by molar-refractivity contribution is 7.90. The van der Waals surface area contributed by atoms with Gasteiger partial charge in [-0.2, -0.15) is 0 Å². The second-order valence-corrected chi connectivity index (χ2v) is 9.05. The van der Waals surface area contributed by atoms with Crippen LogP contribution < -0.4 is 5.32 Å². The summed E-state index contributed by atoms with van der Waals surface area (Å²) in [4.78, 5) is 15.2. The Morgan fingerprint density at radius 3 is 2.41 bits per heavy atom. The molecule has 0 aliphatic carbocycles. The fourth-order valence-electron chi connectivity index (χ4n) is 3.52. The molecule has 27 heavy (non-hydrogen) atoms. The van der Waals surface area contributed by atoms with E-state index in [0.717, 1.165) is 19.3 Å². The van der Waals surface area contributed by atoms with Gasteiger partial charge in [0, 0.05) is 18.4 Å². The summed E-state index contributed by atoms with van der Waals surface area (Å²) in [6, 6.07) is 16.5. The van der Waals surface area contributed by atoms with E-state index in [1.807, 2.05) is 18.2 Å². The SMILES string of the molecule is CS(=O)(=O)c1cccc(C(=O)NCC(c2ccccc2)N2CCCCC2)c1. The topological polar surface area (TPSA) is 66.5 Å². The first-order chi connectivity index (χ1) is 12.9. The summed E-state index contributed by atoms with van der Waals surface area (Å²) in [5.41, 5.74) is 1.55. The number of hydrogen-bond acceptors (Lipinski definition) is 4. The summed E-state index contributed by atoms with van der Waals surface area (Å²) in [5, 5.41) is 3.00. The van der Waals surface area contributed by atoms with Crippen LogP contribution in [-0.4, -0.2) is 45.1 Å². The van der Waals surface area contributed by atoms with E-state index < -0.39 is 9.84 Å². The van der Waals surface area contributed by atoms with Gasteiger partial charge in [-0.05, 0) is 49.7 Å². The molecule has 1 amide bonds. The molecule has 1 N–H and O–H groups in total. The minimum atomic E-state index is -3.34. The van der Waals surface area contributed by atoms with Crippen LogP contribution in [0.1, 0.15) is 41.2 Å². The standard InChI is InChI=1S/C21H26N2O3S/c1-27(25,26)19-12-8-11-18(15-19)21(24)22-16-20(17-9-4-2-5-10-17)23-13-6-3-7-14-23/h2,4-5,8-12,15,20H,3,6-7,13-14,16H2,1H3,(H,22,24). The Kier molecular flexibility index (Phi) is 6.29. The van der Waals surface area contributed by atoms with Crippen molar-refractivity contribution >= 4 is 15.7 Å². The van der Waals surface area contributed by atoms with Crippen LogP contribution in [0.3, 0.4) is 0 Å². The average molecular weight is 387 g/mol. The molecular formula is C21H26N2O3S. The molecule has 1 fully saturated rings. The molecule has 0 saturated carbocycles. The maximum Gasteiger partial charge on any atom is 0.251 e. The van der Waals surface area contributed by atoms with E-state index in [9.17, 15) is 13.2 Å². The van der Waals surface area contributed by atoms with Crippen molar-refractivity contribution in [2.24, 2.45) is 0 Å². The molecule has 144 valence electrons. The zero-order valence-electron chi connectivity index (χ0n) is 15.6. The van der Waals surface area contributed by atoms with E-state index in [-0.39, 0.29) is 16.8 Å². The normalized spacial score (nSPS) is 16.6. The van der Waals surface area contributed by atoms with Crippen LogP contribution in [-0.2, 0) is 9.84 Å². The van der Waals surface area contributed by atoms with E-state index in [1.165, 1.54) is 37.0 Å². The zero-order valence-corrected chi connectivity index (χ0v) is 16.4. The summed E-state index contributed by atoms with van der Waals surface area (Å²) in [6.45, 7) is 2.55. The molecule has 0 aromatic heterocycles. The Morgan fingerprint density at radius 2 is 1.74 bits per heavy atom. The van der Waals surface area contributed by atoms with E-state index in [1.54, 1.807) is 12.1 Å². The summed E-state index contributed by atoms with van der Waals surface area (Å²) >= 11 is 0. The lowest BCUT2D eigenvalue weighted by atomic mass is 10.0. The molecule has 5 nitrogen and oxygen atoms in total. The molecule has 1 atom stereocenters. The van der Waals surface area contributed by atoms with Gasteiger partial charge < -0.3 is 5.32 Å². The molecule has 1 aliphatic heterocycles. The number of benzene rings is 2. The first-order valence-electron chi connectivity index (χ1n) is 9.32.